The lowest BCUT2D eigenvalue weighted by molar-refractivity contribution is 0.105. The number of ether oxygens (including phenoxy) is 1. The highest BCUT2D eigenvalue weighted by atomic mass is 16.5. The Hall–Kier alpha value is -3.85. The molecule has 186 valence electrons. The minimum absolute atomic E-state index is 0.142. The van der Waals surface area contributed by atoms with Gasteiger partial charge in [0.15, 0.2) is 0 Å². The van der Waals surface area contributed by atoms with Gasteiger partial charge in [-0.3, -0.25) is 4.68 Å². The van der Waals surface area contributed by atoms with Crippen LogP contribution in [0.5, 0.6) is 0 Å². The average molecular weight is 486 g/mol. The molecule has 2 fully saturated rings. The fourth-order valence-corrected chi connectivity index (χ4v) is 5.29. The molecule has 9 nitrogen and oxygen atoms in total. The van der Waals surface area contributed by atoms with E-state index in [2.05, 4.69) is 45.4 Å². The normalized spacial score (nSPS) is 18.4. The number of carbonyl (C=O) groups excluding carboxylic acids is 1. The van der Waals surface area contributed by atoms with Gasteiger partial charge in [-0.15, -0.1) is 0 Å². The van der Waals surface area contributed by atoms with E-state index >= 15 is 0 Å². The predicted molar refractivity (Wildman–Crippen MR) is 139 cm³/mol. The fourth-order valence-electron chi connectivity index (χ4n) is 5.29. The van der Waals surface area contributed by atoms with Crippen molar-refractivity contribution in [1.82, 2.24) is 29.2 Å². The van der Waals surface area contributed by atoms with Crippen molar-refractivity contribution in [2.45, 2.75) is 12.5 Å². The summed E-state index contributed by atoms with van der Waals surface area (Å²) >= 11 is 0. The van der Waals surface area contributed by atoms with Gasteiger partial charge in [-0.05, 0) is 36.2 Å². The van der Waals surface area contributed by atoms with Crippen LogP contribution in [-0.4, -0.2) is 87.7 Å². The molecule has 1 atom stereocenters. The molecule has 9 heteroatoms. The topological polar surface area (TPSA) is 71.1 Å². The molecule has 0 unspecified atom stereocenters. The molecule has 0 saturated carbocycles. The molecule has 2 amide bonds. The number of likely N-dealkylation sites (tertiary alicyclic amines) is 1. The average Bonchev–Trinajstić information content (AvgIpc) is 3.68. The first-order valence-electron chi connectivity index (χ1n) is 12.5. The number of amides is 2. The Balaban J connectivity index is 1.17. The second-order valence-corrected chi connectivity index (χ2v) is 9.60. The SMILES string of the molecule is CO[C@H]1CCN(C(=O)N2CCN(c3ccc(-c4cc(-c5cnn(C)c5)cn5nccc45)cc3)CC2)C1. The fraction of sp³-hybridized carbons (Fsp3) is 0.370. The zero-order chi connectivity index (χ0) is 24.6. The first kappa shape index (κ1) is 22.6. The van der Waals surface area contributed by atoms with E-state index in [4.69, 9.17) is 4.74 Å². The van der Waals surface area contributed by atoms with E-state index in [9.17, 15) is 4.79 Å². The van der Waals surface area contributed by atoms with Crippen LogP contribution >= 0.6 is 0 Å². The minimum Gasteiger partial charge on any atom is -0.380 e. The molecular weight excluding hydrogens is 454 g/mol. The van der Waals surface area contributed by atoms with Crippen LogP contribution in [0.2, 0.25) is 0 Å². The van der Waals surface area contributed by atoms with Crippen LogP contribution in [0.1, 0.15) is 6.42 Å². The number of fused-ring (bicyclic) bond motifs is 1. The summed E-state index contributed by atoms with van der Waals surface area (Å²) in [7, 11) is 3.65. The summed E-state index contributed by atoms with van der Waals surface area (Å²) in [6.45, 7) is 4.61. The Kier molecular flexibility index (Phi) is 5.85. The molecule has 0 N–H and O–H groups in total. The molecular formula is C27H31N7O2. The Morgan fingerprint density at radius 2 is 1.72 bits per heavy atom. The van der Waals surface area contributed by atoms with E-state index in [0.717, 1.165) is 66.9 Å². The van der Waals surface area contributed by atoms with E-state index in [1.54, 1.807) is 7.11 Å². The van der Waals surface area contributed by atoms with Crippen LogP contribution in [0.15, 0.2) is 61.2 Å². The van der Waals surface area contributed by atoms with E-state index < -0.39 is 0 Å². The first-order chi connectivity index (χ1) is 17.6. The molecule has 0 bridgehead atoms. The molecule has 2 aliphatic heterocycles. The van der Waals surface area contributed by atoms with Crippen LogP contribution in [-0.2, 0) is 11.8 Å². The number of aryl methyl sites for hydroxylation is 1. The summed E-state index contributed by atoms with van der Waals surface area (Å²) in [5.41, 5.74) is 6.67. The molecule has 36 heavy (non-hydrogen) atoms. The van der Waals surface area contributed by atoms with E-state index in [1.807, 2.05) is 56.9 Å². The highest BCUT2D eigenvalue weighted by Crippen LogP contribution is 2.31. The highest BCUT2D eigenvalue weighted by Gasteiger charge is 2.31. The lowest BCUT2D eigenvalue weighted by Gasteiger charge is -2.37. The summed E-state index contributed by atoms with van der Waals surface area (Å²) in [5, 5.41) is 8.81. The molecule has 5 heterocycles. The van der Waals surface area contributed by atoms with Crippen molar-refractivity contribution in [2.24, 2.45) is 7.05 Å². The van der Waals surface area contributed by atoms with Crippen molar-refractivity contribution in [3.05, 3.63) is 61.2 Å². The third-order valence-corrected chi connectivity index (χ3v) is 7.39. The summed E-state index contributed by atoms with van der Waals surface area (Å²) in [6, 6.07) is 13.1. The maximum Gasteiger partial charge on any atom is 0.320 e. The van der Waals surface area contributed by atoms with Crippen LogP contribution in [0.3, 0.4) is 0 Å². The number of nitrogens with zero attached hydrogens (tertiary/aromatic N) is 7. The molecule has 1 aromatic carbocycles. The number of methoxy groups -OCH3 is 1. The number of anilines is 1. The van der Waals surface area contributed by atoms with Gasteiger partial charge in [-0.1, -0.05) is 12.1 Å². The molecule has 4 aromatic rings. The number of hydrogen-bond donors (Lipinski definition) is 0. The summed E-state index contributed by atoms with van der Waals surface area (Å²) in [4.78, 5) is 19.1. The van der Waals surface area contributed by atoms with Crippen molar-refractivity contribution in [2.75, 3.05) is 51.3 Å². The number of benzene rings is 1. The van der Waals surface area contributed by atoms with Gasteiger partial charge in [0, 0.05) is 94.4 Å². The van der Waals surface area contributed by atoms with Gasteiger partial charge >= 0.3 is 6.03 Å². The molecule has 2 saturated heterocycles. The lowest BCUT2D eigenvalue weighted by Crippen LogP contribution is -2.52. The Labute approximate surface area is 210 Å². The maximum absolute atomic E-state index is 12.9. The van der Waals surface area contributed by atoms with Gasteiger partial charge in [-0.25, -0.2) is 9.31 Å². The van der Waals surface area contributed by atoms with Crippen molar-refractivity contribution < 1.29 is 9.53 Å². The molecule has 0 aliphatic carbocycles. The zero-order valence-corrected chi connectivity index (χ0v) is 20.7. The van der Waals surface area contributed by atoms with Crippen LogP contribution < -0.4 is 4.90 Å². The summed E-state index contributed by atoms with van der Waals surface area (Å²) in [5.74, 6) is 0. The van der Waals surface area contributed by atoms with E-state index in [1.165, 1.54) is 5.69 Å². The van der Waals surface area contributed by atoms with Crippen molar-refractivity contribution in [3.63, 3.8) is 0 Å². The second kappa shape index (κ2) is 9.31. The predicted octanol–water partition coefficient (Wildman–Crippen LogP) is 3.36. The van der Waals surface area contributed by atoms with Crippen molar-refractivity contribution in [1.29, 1.82) is 0 Å². The van der Waals surface area contributed by atoms with Crippen LogP contribution in [0.25, 0.3) is 27.8 Å². The third kappa shape index (κ3) is 4.19. The van der Waals surface area contributed by atoms with E-state index in [0.29, 0.717) is 6.54 Å². The van der Waals surface area contributed by atoms with Gasteiger partial charge in [0.2, 0.25) is 0 Å². The molecule has 0 spiro atoms. The number of carbonyl (C=O) groups is 1. The number of piperazine rings is 1. The third-order valence-electron chi connectivity index (χ3n) is 7.39. The Bertz CT molecular complexity index is 1370. The van der Waals surface area contributed by atoms with E-state index in [-0.39, 0.29) is 12.1 Å². The van der Waals surface area contributed by atoms with Gasteiger partial charge in [0.25, 0.3) is 0 Å². The quantitative estimate of drug-likeness (QED) is 0.443. The minimum atomic E-state index is 0.142. The Morgan fingerprint density at radius 3 is 2.42 bits per heavy atom. The number of pyridine rings is 1. The number of urea groups is 1. The summed E-state index contributed by atoms with van der Waals surface area (Å²) < 4.78 is 9.15. The molecule has 3 aromatic heterocycles. The Morgan fingerprint density at radius 1 is 0.917 bits per heavy atom. The smallest absolute Gasteiger partial charge is 0.320 e. The number of rotatable bonds is 4. The summed E-state index contributed by atoms with van der Waals surface area (Å²) in [6.07, 6.45) is 8.86. The lowest BCUT2D eigenvalue weighted by atomic mass is 10.0. The largest absolute Gasteiger partial charge is 0.380 e. The van der Waals surface area contributed by atoms with Gasteiger partial charge in [-0.2, -0.15) is 10.2 Å². The van der Waals surface area contributed by atoms with Gasteiger partial charge in [0.05, 0.1) is 17.8 Å². The number of aromatic nitrogens is 4. The molecule has 6 rings (SSSR count). The van der Waals surface area contributed by atoms with Gasteiger partial charge < -0.3 is 19.4 Å². The van der Waals surface area contributed by atoms with Crippen LogP contribution in [0, 0.1) is 0 Å². The standard InChI is InChI=1S/C27H31N7O2/c1-30-17-22(16-29-30)21-15-25(26-7-9-28-34(26)18-21)20-3-5-23(6-4-20)31-11-13-32(14-12-31)27(35)33-10-8-24(19-33)36-2/h3-7,9,15-18,24H,8,10-14,19H2,1-2H3/t24-/m0/s1. The zero-order valence-electron chi connectivity index (χ0n) is 20.7. The maximum atomic E-state index is 12.9. The van der Waals surface area contributed by atoms with Crippen molar-refractivity contribution >= 4 is 17.2 Å². The molecule has 2 aliphatic rings. The van der Waals surface area contributed by atoms with Crippen LogP contribution in [0.4, 0.5) is 10.5 Å². The van der Waals surface area contributed by atoms with Crippen molar-refractivity contribution in [3.8, 4) is 22.3 Å². The van der Waals surface area contributed by atoms with Gasteiger partial charge in [0.1, 0.15) is 0 Å². The monoisotopic (exact) mass is 485 g/mol. The number of hydrogen-bond acceptors (Lipinski definition) is 5. The first-order valence-corrected chi connectivity index (χ1v) is 12.5. The second-order valence-electron chi connectivity index (χ2n) is 9.60. The molecule has 0 radical (unpaired) electrons. The highest BCUT2D eigenvalue weighted by molar-refractivity contribution is 5.84.